The van der Waals surface area contributed by atoms with Crippen LogP contribution in [0.1, 0.15) is 16.1 Å². The van der Waals surface area contributed by atoms with Crippen LogP contribution in [0.2, 0.25) is 0 Å². The standard InChI is InChI=1S/C13H12BrN3O3/c1-19-11-4-8(5-14)2-3-10(11)20-12-7-16-9(6-17-12)13(15)18/h2-4,6-7H,5H2,1H3,(H2,15,18). The number of alkyl halides is 1. The fourth-order valence-electron chi connectivity index (χ4n) is 1.49. The Labute approximate surface area is 124 Å². The molecule has 2 aromatic rings. The van der Waals surface area contributed by atoms with Gasteiger partial charge in [0, 0.05) is 5.33 Å². The number of halogens is 1. The number of primary amides is 1. The Kier molecular flexibility index (Phi) is 4.52. The van der Waals surface area contributed by atoms with Crippen molar-refractivity contribution in [2.24, 2.45) is 5.73 Å². The van der Waals surface area contributed by atoms with E-state index in [0.717, 1.165) is 10.9 Å². The molecule has 1 amide bonds. The molecule has 0 atom stereocenters. The first-order chi connectivity index (χ1) is 9.63. The third kappa shape index (κ3) is 3.24. The summed E-state index contributed by atoms with van der Waals surface area (Å²) in [6, 6.07) is 5.53. The average molecular weight is 338 g/mol. The second-order valence-corrected chi connectivity index (χ2v) is 4.39. The molecule has 1 heterocycles. The first-order valence-electron chi connectivity index (χ1n) is 5.66. The Morgan fingerprint density at radius 2 is 2.10 bits per heavy atom. The van der Waals surface area contributed by atoms with E-state index in [4.69, 9.17) is 15.2 Å². The smallest absolute Gasteiger partial charge is 0.268 e. The second kappa shape index (κ2) is 6.33. The Bertz CT molecular complexity index is 617. The number of benzene rings is 1. The lowest BCUT2D eigenvalue weighted by molar-refractivity contribution is 0.0995. The van der Waals surface area contributed by atoms with E-state index < -0.39 is 5.91 Å². The van der Waals surface area contributed by atoms with Gasteiger partial charge in [0.25, 0.3) is 5.91 Å². The zero-order chi connectivity index (χ0) is 14.5. The molecule has 0 fully saturated rings. The van der Waals surface area contributed by atoms with Crippen molar-refractivity contribution in [1.29, 1.82) is 0 Å². The maximum atomic E-state index is 10.9. The normalized spacial score (nSPS) is 10.1. The largest absolute Gasteiger partial charge is 0.493 e. The summed E-state index contributed by atoms with van der Waals surface area (Å²) in [5.41, 5.74) is 6.23. The molecule has 1 aromatic carbocycles. The average Bonchev–Trinajstić information content (AvgIpc) is 2.48. The van der Waals surface area contributed by atoms with Crippen molar-refractivity contribution in [3.8, 4) is 17.4 Å². The lowest BCUT2D eigenvalue weighted by Crippen LogP contribution is -2.13. The van der Waals surface area contributed by atoms with Crippen LogP contribution in [0, 0.1) is 0 Å². The van der Waals surface area contributed by atoms with Gasteiger partial charge in [-0.25, -0.2) is 9.97 Å². The number of amides is 1. The van der Waals surface area contributed by atoms with Crippen LogP contribution in [-0.4, -0.2) is 23.0 Å². The number of nitrogens with zero attached hydrogens (tertiary/aromatic N) is 2. The maximum Gasteiger partial charge on any atom is 0.268 e. The summed E-state index contributed by atoms with van der Waals surface area (Å²) >= 11 is 3.37. The minimum absolute atomic E-state index is 0.0824. The lowest BCUT2D eigenvalue weighted by Gasteiger charge is -2.10. The number of nitrogens with two attached hydrogens (primary N) is 1. The van der Waals surface area contributed by atoms with Crippen molar-refractivity contribution < 1.29 is 14.3 Å². The van der Waals surface area contributed by atoms with Crippen LogP contribution in [0.4, 0.5) is 0 Å². The van der Waals surface area contributed by atoms with Gasteiger partial charge in [-0.2, -0.15) is 0 Å². The molecule has 2 rings (SSSR count). The van der Waals surface area contributed by atoms with E-state index in [-0.39, 0.29) is 11.6 Å². The van der Waals surface area contributed by atoms with Crippen LogP contribution >= 0.6 is 15.9 Å². The molecule has 0 aliphatic carbocycles. The molecule has 6 nitrogen and oxygen atoms in total. The summed E-state index contributed by atoms with van der Waals surface area (Å²) in [5, 5.41) is 0.719. The van der Waals surface area contributed by atoms with E-state index in [9.17, 15) is 4.79 Å². The molecule has 0 spiro atoms. The topological polar surface area (TPSA) is 87.3 Å². The van der Waals surface area contributed by atoms with E-state index >= 15 is 0 Å². The number of ether oxygens (including phenoxy) is 2. The van der Waals surface area contributed by atoms with Crippen LogP contribution in [-0.2, 0) is 5.33 Å². The van der Waals surface area contributed by atoms with Gasteiger partial charge in [-0.15, -0.1) is 0 Å². The van der Waals surface area contributed by atoms with Crippen molar-refractivity contribution in [1.82, 2.24) is 9.97 Å². The van der Waals surface area contributed by atoms with Crippen molar-refractivity contribution in [3.05, 3.63) is 41.9 Å². The summed E-state index contributed by atoms with van der Waals surface area (Å²) in [6.07, 6.45) is 2.59. The molecule has 0 saturated heterocycles. The number of carbonyl (C=O) groups excluding carboxylic acids is 1. The number of aromatic nitrogens is 2. The van der Waals surface area contributed by atoms with Crippen molar-refractivity contribution in [2.75, 3.05) is 7.11 Å². The maximum absolute atomic E-state index is 10.9. The van der Waals surface area contributed by atoms with Gasteiger partial charge in [-0.1, -0.05) is 22.0 Å². The highest BCUT2D eigenvalue weighted by atomic mass is 79.9. The summed E-state index contributed by atoms with van der Waals surface area (Å²) in [4.78, 5) is 18.7. The van der Waals surface area contributed by atoms with E-state index in [1.807, 2.05) is 12.1 Å². The molecule has 20 heavy (non-hydrogen) atoms. The third-order valence-corrected chi connectivity index (χ3v) is 3.12. The zero-order valence-corrected chi connectivity index (χ0v) is 12.3. The molecule has 7 heteroatoms. The molecule has 0 aliphatic rings. The van der Waals surface area contributed by atoms with Gasteiger partial charge in [-0.05, 0) is 17.7 Å². The van der Waals surface area contributed by atoms with E-state index in [0.29, 0.717) is 11.5 Å². The van der Waals surface area contributed by atoms with Gasteiger partial charge in [0.1, 0.15) is 5.69 Å². The van der Waals surface area contributed by atoms with Gasteiger partial charge in [-0.3, -0.25) is 4.79 Å². The van der Waals surface area contributed by atoms with Gasteiger partial charge in [0.2, 0.25) is 5.88 Å². The van der Waals surface area contributed by atoms with E-state index in [1.54, 1.807) is 13.2 Å². The van der Waals surface area contributed by atoms with Crippen LogP contribution in [0.5, 0.6) is 17.4 Å². The molecule has 104 valence electrons. The van der Waals surface area contributed by atoms with Gasteiger partial charge >= 0.3 is 0 Å². The summed E-state index contributed by atoms with van der Waals surface area (Å²) in [5.74, 6) is 0.712. The van der Waals surface area contributed by atoms with Crippen molar-refractivity contribution >= 4 is 21.8 Å². The highest BCUT2D eigenvalue weighted by molar-refractivity contribution is 9.08. The molecule has 0 bridgehead atoms. The number of methoxy groups -OCH3 is 1. The summed E-state index contributed by atoms with van der Waals surface area (Å²) < 4.78 is 10.8. The molecule has 0 radical (unpaired) electrons. The third-order valence-electron chi connectivity index (χ3n) is 2.48. The first-order valence-corrected chi connectivity index (χ1v) is 6.78. The van der Waals surface area contributed by atoms with Gasteiger partial charge in [0.05, 0.1) is 19.5 Å². The minimum atomic E-state index is -0.636. The van der Waals surface area contributed by atoms with E-state index in [2.05, 4.69) is 25.9 Å². The molecule has 1 aromatic heterocycles. The molecule has 0 aliphatic heterocycles. The SMILES string of the molecule is COc1cc(CBr)ccc1Oc1cnc(C(N)=O)cn1. The fourth-order valence-corrected chi connectivity index (χ4v) is 1.84. The Hall–Kier alpha value is -2.15. The highest BCUT2D eigenvalue weighted by Crippen LogP contribution is 2.31. The van der Waals surface area contributed by atoms with Crippen LogP contribution in [0.25, 0.3) is 0 Å². The molecular weight excluding hydrogens is 326 g/mol. The molecule has 0 saturated carbocycles. The molecular formula is C13H12BrN3O3. The van der Waals surface area contributed by atoms with Crippen LogP contribution in [0.3, 0.4) is 0 Å². The number of hydrogen-bond donors (Lipinski definition) is 1. The predicted octanol–water partition coefficient (Wildman–Crippen LogP) is 2.27. The van der Waals surface area contributed by atoms with E-state index in [1.165, 1.54) is 12.4 Å². The van der Waals surface area contributed by atoms with Gasteiger partial charge < -0.3 is 15.2 Å². The minimum Gasteiger partial charge on any atom is -0.493 e. The Morgan fingerprint density at radius 3 is 2.65 bits per heavy atom. The van der Waals surface area contributed by atoms with Crippen LogP contribution in [0.15, 0.2) is 30.6 Å². The predicted molar refractivity (Wildman–Crippen MR) is 76.2 cm³/mol. The summed E-state index contributed by atoms with van der Waals surface area (Å²) in [6.45, 7) is 0. The fraction of sp³-hybridized carbons (Fsp3) is 0.154. The highest BCUT2D eigenvalue weighted by Gasteiger charge is 2.09. The molecule has 2 N–H and O–H groups in total. The Balaban J connectivity index is 2.23. The first kappa shape index (κ1) is 14.3. The second-order valence-electron chi connectivity index (χ2n) is 3.83. The van der Waals surface area contributed by atoms with Crippen LogP contribution < -0.4 is 15.2 Å². The zero-order valence-electron chi connectivity index (χ0n) is 10.7. The van der Waals surface area contributed by atoms with Gasteiger partial charge in [0.15, 0.2) is 11.5 Å². The number of rotatable bonds is 5. The lowest BCUT2D eigenvalue weighted by atomic mass is 10.2. The summed E-state index contributed by atoms with van der Waals surface area (Å²) in [7, 11) is 1.56. The monoisotopic (exact) mass is 337 g/mol. The number of hydrogen-bond acceptors (Lipinski definition) is 5. The molecule has 0 unspecified atom stereocenters. The quantitative estimate of drug-likeness (QED) is 0.845. The Morgan fingerprint density at radius 1 is 1.30 bits per heavy atom. The van der Waals surface area contributed by atoms with Crippen molar-refractivity contribution in [3.63, 3.8) is 0 Å². The van der Waals surface area contributed by atoms with Crippen molar-refractivity contribution in [2.45, 2.75) is 5.33 Å². The number of carbonyl (C=O) groups is 1.